The minimum absolute atomic E-state index is 0.116. The summed E-state index contributed by atoms with van der Waals surface area (Å²) in [5.74, 6) is -1.44. The summed E-state index contributed by atoms with van der Waals surface area (Å²) < 4.78 is 27.7. The van der Waals surface area contributed by atoms with E-state index in [2.05, 4.69) is 15.3 Å². The lowest BCUT2D eigenvalue weighted by atomic mass is 10.1. The SMILES string of the molecule is NCCCNc1nc(-c2cccc(F)c2F)c2ccccc2n1. The van der Waals surface area contributed by atoms with Crippen molar-refractivity contribution in [2.24, 2.45) is 5.73 Å². The fourth-order valence-electron chi connectivity index (χ4n) is 2.35. The number of aromatic nitrogens is 2. The molecule has 23 heavy (non-hydrogen) atoms. The maximum atomic E-state index is 14.2. The second-order valence-corrected chi connectivity index (χ2v) is 5.08. The van der Waals surface area contributed by atoms with Gasteiger partial charge in [0.15, 0.2) is 11.6 Å². The lowest BCUT2D eigenvalue weighted by Crippen LogP contribution is -2.11. The Balaban J connectivity index is 2.15. The highest BCUT2D eigenvalue weighted by Gasteiger charge is 2.15. The van der Waals surface area contributed by atoms with E-state index in [-0.39, 0.29) is 5.56 Å². The number of benzene rings is 2. The number of nitrogens with two attached hydrogens (primary N) is 1. The molecule has 4 nitrogen and oxygen atoms in total. The fourth-order valence-corrected chi connectivity index (χ4v) is 2.35. The van der Waals surface area contributed by atoms with E-state index in [1.807, 2.05) is 18.2 Å². The van der Waals surface area contributed by atoms with Crippen LogP contribution >= 0.6 is 0 Å². The molecule has 0 unspecified atom stereocenters. The number of hydrogen-bond acceptors (Lipinski definition) is 4. The van der Waals surface area contributed by atoms with Crippen LogP contribution in [-0.2, 0) is 0 Å². The molecule has 3 N–H and O–H groups in total. The molecule has 118 valence electrons. The summed E-state index contributed by atoms with van der Waals surface area (Å²) in [7, 11) is 0. The highest BCUT2D eigenvalue weighted by molar-refractivity contribution is 5.93. The maximum absolute atomic E-state index is 14.2. The van der Waals surface area contributed by atoms with E-state index in [0.29, 0.717) is 35.6 Å². The van der Waals surface area contributed by atoms with Gasteiger partial charge in [0.1, 0.15) is 0 Å². The van der Waals surface area contributed by atoms with Gasteiger partial charge in [0.05, 0.1) is 11.2 Å². The van der Waals surface area contributed by atoms with Crippen molar-refractivity contribution < 1.29 is 8.78 Å². The molecule has 0 radical (unpaired) electrons. The molecular formula is C17H16F2N4. The van der Waals surface area contributed by atoms with E-state index in [0.717, 1.165) is 12.5 Å². The van der Waals surface area contributed by atoms with Crippen LogP contribution in [-0.4, -0.2) is 23.1 Å². The molecule has 0 saturated carbocycles. The second-order valence-electron chi connectivity index (χ2n) is 5.08. The number of nitrogens with zero attached hydrogens (tertiary/aromatic N) is 2. The summed E-state index contributed by atoms with van der Waals surface area (Å²) in [5.41, 5.74) is 6.61. The molecule has 0 fully saturated rings. The van der Waals surface area contributed by atoms with Gasteiger partial charge in [0.25, 0.3) is 0 Å². The zero-order valence-corrected chi connectivity index (χ0v) is 12.4. The van der Waals surface area contributed by atoms with Gasteiger partial charge in [0.2, 0.25) is 5.95 Å². The van der Waals surface area contributed by atoms with Crippen molar-refractivity contribution in [1.29, 1.82) is 0 Å². The van der Waals surface area contributed by atoms with Crippen LogP contribution < -0.4 is 11.1 Å². The third-order valence-electron chi connectivity index (χ3n) is 3.47. The van der Waals surface area contributed by atoms with Gasteiger partial charge in [-0.25, -0.2) is 18.7 Å². The molecule has 0 saturated heterocycles. The minimum Gasteiger partial charge on any atom is -0.354 e. The zero-order chi connectivity index (χ0) is 16.2. The number of nitrogens with one attached hydrogen (secondary N) is 1. The van der Waals surface area contributed by atoms with Gasteiger partial charge in [-0.2, -0.15) is 0 Å². The lowest BCUT2D eigenvalue weighted by molar-refractivity contribution is 0.511. The Hall–Kier alpha value is -2.60. The average Bonchev–Trinajstić information content (AvgIpc) is 2.57. The van der Waals surface area contributed by atoms with Crippen LogP contribution in [0.15, 0.2) is 42.5 Å². The van der Waals surface area contributed by atoms with Gasteiger partial charge >= 0.3 is 0 Å². The number of halogens is 2. The Morgan fingerprint density at radius 3 is 2.65 bits per heavy atom. The van der Waals surface area contributed by atoms with Crippen LogP contribution in [0.2, 0.25) is 0 Å². The Kier molecular flexibility index (Phi) is 4.43. The molecule has 1 heterocycles. The molecule has 6 heteroatoms. The quantitative estimate of drug-likeness (QED) is 0.709. The Labute approximate surface area is 132 Å². The number of para-hydroxylation sites is 1. The number of hydrogen-bond donors (Lipinski definition) is 2. The van der Waals surface area contributed by atoms with Gasteiger partial charge < -0.3 is 11.1 Å². The molecule has 0 aliphatic heterocycles. The minimum atomic E-state index is -0.913. The molecule has 0 amide bonds. The summed E-state index contributed by atoms with van der Waals surface area (Å²) in [6, 6.07) is 11.3. The lowest BCUT2D eigenvalue weighted by Gasteiger charge is -2.11. The highest BCUT2D eigenvalue weighted by atomic mass is 19.2. The van der Waals surface area contributed by atoms with Gasteiger partial charge in [-0.15, -0.1) is 0 Å². The van der Waals surface area contributed by atoms with Gasteiger partial charge in [0, 0.05) is 17.5 Å². The molecule has 3 aromatic rings. The first-order valence-electron chi connectivity index (χ1n) is 7.36. The van der Waals surface area contributed by atoms with E-state index in [1.165, 1.54) is 12.1 Å². The van der Waals surface area contributed by atoms with E-state index in [9.17, 15) is 8.78 Å². The molecule has 0 atom stereocenters. The van der Waals surface area contributed by atoms with Crippen molar-refractivity contribution in [2.45, 2.75) is 6.42 Å². The maximum Gasteiger partial charge on any atom is 0.223 e. The molecule has 0 aliphatic rings. The summed E-state index contributed by atoms with van der Waals surface area (Å²) in [6.45, 7) is 1.16. The predicted molar refractivity (Wildman–Crippen MR) is 87.1 cm³/mol. The second kappa shape index (κ2) is 6.66. The summed E-state index contributed by atoms with van der Waals surface area (Å²) in [5, 5.41) is 3.73. The van der Waals surface area contributed by atoms with Crippen molar-refractivity contribution in [3.05, 3.63) is 54.1 Å². The molecule has 0 bridgehead atoms. The van der Waals surface area contributed by atoms with Crippen LogP contribution in [0.25, 0.3) is 22.2 Å². The summed E-state index contributed by atoms with van der Waals surface area (Å²) in [4.78, 5) is 8.78. The average molecular weight is 314 g/mol. The van der Waals surface area contributed by atoms with Crippen LogP contribution in [0.4, 0.5) is 14.7 Å². The van der Waals surface area contributed by atoms with Gasteiger partial charge in [-0.1, -0.05) is 24.3 Å². The first kappa shape index (κ1) is 15.3. The van der Waals surface area contributed by atoms with Gasteiger partial charge in [-0.3, -0.25) is 0 Å². The highest BCUT2D eigenvalue weighted by Crippen LogP contribution is 2.30. The molecule has 3 rings (SSSR count). The summed E-state index contributed by atoms with van der Waals surface area (Å²) in [6.07, 6.45) is 0.764. The van der Waals surface area contributed by atoms with E-state index < -0.39 is 11.6 Å². The molecule has 0 aliphatic carbocycles. The van der Waals surface area contributed by atoms with Crippen LogP contribution in [0.3, 0.4) is 0 Å². The number of anilines is 1. The number of fused-ring (bicyclic) bond motifs is 1. The topological polar surface area (TPSA) is 63.8 Å². The monoisotopic (exact) mass is 314 g/mol. The molecule has 0 spiro atoms. The Bertz CT molecular complexity index is 836. The van der Waals surface area contributed by atoms with E-state index >= 15 is 0 Å². The Morgan fingerprint density at radius 1 is 1.00 bits per heavy atom. The first-order valence-corrected chi connectivity index (χ1v) is 7.36. The van der Waals surface area contributed by atoms with Crippen LogP contribution in [0, 0.1) is 11.6 Å². The van der Waals surface area contributed by atoms with Gasteiger partial charge in [-0.05, 0) is 31.2 Å². The van der Waals surface area contributed by atoms with Crippen molar-refractivity contribution >= 4 is 16.9 Å². The fraction of sp³-hybridized carbons (Fsp3) is 0.176. The van der Waals surface area contributed by atoms with E-state index in [4.69, 9.17) is 5.73 Å². The molecular weight excluding hydrogens is 298 g/mol. The van der Waals surface area contributed by atoms with Crippen molar-refractivity contribution in [2.75, 3.05) is 18.4 Å². The Morgan fingerprint density at radius 2 is 1.83 bits per heavy atom. The van der Waals surface area contributed by atoms with E-state index in [1.54, 1.807) is 6.07 Å². The molecule has 1 aromatic heterocycles. The summed E-state index contributed by atoms with van der Waals surface area (Å²) >= 11 is 0. The first-order chi connectivity index (χ1) is 11.2. The van der Waals surface area contributed by atoms with Crippen LogP contribution in [0.5, 0.6) is 0 Å². The van der Waals surface area contributed by atoms with Crippen molar-refractivity contribution in [1.82, 2.24) is 9.97 Å². The third kappa shape index (κ3) is 3.12. The number of rotatable bonds is 5. The van der Waals surface area contributed by atoms with Crippen molar-refractivity contribution in [3.63, 3.8) is 0 Å². The molecule has 2 aromatic carbocycles. The third-order valence-corrected chi connectivity index (χ3v) is 3.47. The predicted octanol–water partition coefficient (Wildman–Crippen LogP) is 3.34. The normalized spacial score (nSPS) is 10.9. The standard InChI is InChI=1S/C17H16F2N4/c18-13-7-3-6-12(15(13)19)16-11-5-1-2-8-14(11)22-17(23-16)21-10-4-9-20/h1-3,5-8H,4,9-10,20H2,(H,21,22,23). The van der Waals surface area contributed by atoms with Crippen LogP contribution in [0.1, 0.15) is 6.42 Å². The smallest absolute Gasteiger partial charge is 0.223 e. The van der Waals surface area contributed by atoms with Crippen molar-refractivity contribution in [3.8, 4) is 11.3 Å². The largest absolute Gasteiger partial charge is 0.354 e. The zero-order valence-electron chi connectivity index (χ0n) is 12.4.